The summed E-state index contributed by atoms with van der Waals surface area (Å²) in [5, 5.41) is 0.948. The fourth-order valence-electron chi connectivity index (χ4n) is 3.09. The summed E-state index contributed by atoms with van der Waals surface area (Å²) in [6, 6.07) is 4.52. The van der Waals surface area contributed by atoms with Crippen LogP contribution in [0.2, 0.25) is 5.02 Å². The summed E-state index contributed by atoms with van der Waals surface area (Å²) in [6.45, 7) is 0. The molecule has 0 aromatic heterocycles. The number of hydrogen-bond acceptors (Lipinski definition) is 0. The topological polar surface area (TPSA) is 0 Å². The van der Waals surface area contributed by atoms with Crippen LogP contribution in [-0.4, -0.2) is 0 Å². The highest BCUT2D eigenvalue weighted by Crippen LogP contribution is 2.32. The Labute approximate surface area is 109 Å². The predicted molar refractivity (Wildman–Crippen MR) is 74.5 cm³/mol. The smallest absolute Gasteiger partial charge is 0.0481 e. The van der Waals surface area contributed by atoms with Gasteiger partial charge in [0.05, 0.1) is 0 Å². The van der Waals surface area contributed by atoms with Gasteiger partial charge in [-0.1, -0.05) is 29.7 Å². The van der Waals surface area contributed by atoms with Crippen molar-refractivity contribution in [3.05, 3.63) is 39.4 Å². The minimum Gasteiger partial charge on any atom is -0.0837 e. The maximum atomic E-state index is 6.38. The third-order valence-electron chi connectivity index (χ3n) is 4.07. The van der Waals surface area contributed by atoms with E-state index in [0.29, 0.717) is 0 Å². The Hall–Kier alpha value is -0.750. The highest BCUT2D eigenvalue weighted by molar-refractivity contribution is 6.32. The van der Waals surface area contributed by atoms with Crippen molar-refractivity contribution in [2.45, 2.75) is 51.4 Å². The van der Waals surface area contributed by atoms with Crippen molar-refractivity contribution in [1.82, 2.24) is 0 Å². The van der Waals surface area contributed by atoms with E-state index in [1.165, 1.54) is 68.1 Å². The molecule has 0 radical (unpaired) electrons. The average Bonchev–Trinajstić information content (AvgIpc) is 2.78. The molecule has 17 heavy (non-hydrogen) atoms. The first kappa shape index (κ1) is 11.3. The van der Waals surface area contributed by atoms with Crippen molar-refractivity contribution in [2.75, 3.05) is 0 Å². The molecule has 0 bridgehead atoms. The lowest BCUT2D eigenvalue weighted by atomic mass is 9.93. The van der Waals surface area contributed by atoms with Gasteiger partial charge in [-0.25, -0.2) is 0 Å². The zero-order valence-corrected chi connectivity index (χ0v) is 11.0. The number of hydrogen-bond donors (Lipinski definition) is 0. The van der Waals surface area contributed by atoms with E-state index in [1.54, 1.807) is 5.57 Å². The maximum absolute atomic E-state index is 6.38. The molecular weight excluding hydrogens is 228 g/mol. The van der Waals surface area contributed by atoms with Crippen LogP contribution in [0.3, 0.4) is 0 Å². The van der Waals surface area contributed by atoms with E-state index in [4.69, 9.17) is 11.6 Å². The molecule has 90 valence electrons. The molecule has 0 atom stereocenters. The van der Waals surface area contributed by atoms with E-state index in [0.717, 1.165) is 5.02 Å². The molecule has 0 unspecified atom stereocenters. The van der Waals surface area contributed by atoms with Crippen molar-refractivity contribution < 1.29 is 0 Å². The second-order valence-corrected chi connectivity index (χ2v) is 5.77. The minimum atomic E-state index is 0.948. The van der Waals surface area contributed by atoms with Crippen LogP contribution in [0.5, 0.6) is 0 Å². The van der Waals surface area contributed by atoms with Crippen LogP contribution in [0.1, 0.15) is 55.2 Å². The molecule has 1 aromatic rings. The Morgan fingerprint density at radius 1 is 0.824 bits per heavy atom. The minimum absolute atomic E-state index is 0.948. The molecule has 1 fully saturated rings. The Morgan fingerprint density at radius 3 is 2.29 bits per heavy atom. The lowest BCUT2D eigenvalue weighted by molar-refractivity contribution is 0.602. The zero-order valence-electron chi connectivity index (χ0n) is 10.3. The highest BCUT2D eigenvalue weighted by atomic mass is 35.5. The largest absolute Gasteiger partial charge is 0.0837 e. The van der Waals surface area contributed by atoms with Gasteiger partial charge in [-0.05, 0) is 73.8 Å². The molecule has 1 heteroatoms. The highest BCUT2D eigenvalue weighted by Gasteiger charge is 2.14. The van der Waals surface area contributed by atoms with E-state index >= 15 is 0 Å². The summed E-state index contributed by atoms with van der Waals surface area (Å²) in [7, 11) is 0. The molecule has 2 aliphatic carbocycles. The molecule has 0 nitrogen and oxygen atoms in total. The summed E-state index contributed by atoms with van der Waals surface area (Å²) >= 11 is 6.38. The van der Waals surface area contributed by atoms with Gasteiger partial charge in [0.2, 0.25) is 0 Å². The number of fused-ring (bicyclic) bond motifs is 1. The monoisotopic (exact) mass is 246 g/mol. The van der Waals surface area contributed by atoms with Crippen LogP contribution in [0, 0.1) is 0 Å². The van der Waals surface area contributed by atoms with Gasteiger partial charge in [-0.3, -0.25) is 0 Å². The Morgan fingerprint density at radius 2 is 1.53 bits per heavy atom. The molecule has 3 rings (SSSR count). The van der Waals surface area contributed by atoms with E-state index in [1.807, 2.05) is 0 Å². The molecule has 0 spiro atoms. The summed E-state index contributed by atoms with van der Waals surface area (Å²) in [6.07, 6.45) is 12.7. The normalized spacial score (nSPS) is 19.2. The number of rotatable bonds is 1. The van der Waals surface area contributed by atoms with Gasteiger partial charge in [0.15, 0.2) is 0 Å². The second-order valence-electron chi connectivity index (χ2n) is 5.36. The van der Waals surface area contributed by atoms with Crippen LogP contribution in [0.25, 0.3) is 6.08 Å². The standard InChI is InChI=1S/C16H19Cl/c17-16-11-14-8-4-7-13(14)10-15(16)9-12-5-2-1-3-6-12/h9-11H,1-8H2. The van der Waals surface area contributed by atoms with Crippen LogP contribution in [0.15, 0.2) is 17.7 Å². The van der Waals surface area contributed by atoms with E-state index in [-0.39, 0.29) is 0 Å². The number of benzene rings is 1. The van der Waals surface area contributed by atoms with Crippen LogP contribution < -0.4 is 0 Å². The number of allylic oxidation sites excluding steroid dienone is 1. The molecular formula is C16H19Cl. The van der Waals surface area contributed by atoms with Crippen molar-refractivity contribution in [3.63, 3.8) is 0 Å². The summed E-state index contributed by atoms with van der Waals surface area (Å²) in [4.78, 5) is 0. The first-order chi connectivity index (χ1) is 8.33. The van der Waals surface area contributed by atoms with Crippen molar-refractivity contribution in [3.8, 4) is 0 Å². The third-order valence-corrected chi connectivity index (χ3v) is 4.39. The quantitative estimate of drug-likeness (QED) is 0.641. The Bertz CT molecular complexity index is 449. The van der Waals surface area contributed by atoms with Gasteiger partial charge in [-0.15, -0.1) is 0 Å². The molecule has 1 aromatic carbocycles. The zero-order chi connectivity index (χ0) is 11.7. The van der Waals surface area contributed by atoms with Crippen molar-refractivity contribution in [2.24, 2.45) is 0 Å². The second kappa shape index (κ2) is 4.86. The lowest BCUT2D eigenvalue weighted by Gasteiger charge is -2.14. The SMILES string of the molecule is Clc1cc2c(cc1C=C1CCCCC1)CCC2. The van der Waals surface area contributed by atoms with Gasteiger partial charge in [0.1, 0.15) is 0 Å². The number of halogens is 1. The van der Waals surface area contributed by atoms with Gasteiger partial charge in [0, 0.05) is 5.02 Å². The fraction of sp³-hybridized carbons (Fsp3) is 0.500. The van der Waals surface area contributed by atoms with Crippen LogP contribution >= 0.6 is 11.6 Å². The van der Waals surface area contributed by atoms with Crippen LogP contribution in [0.4, 0.5) is 0 Å². The number of aryl methyl sites for hydroxylation is 2. The summed E-state index contributed by atoms with van der Waals surface area (Å²) in [5.41, 5.74) is 5.85. The van der Waals surface area contributed by atoms with Gasteiger partial charge in [-0.2, -0.15) is 0 Å². The maximum Gasteiger partial charge on any atom is 0.0481 e. The van der Waals surface area contributed by atoms with Gasteiger partial charge in [0.25, 0.3) is 0 Å². The molecule has 0 aliphatic heterocycles. The molecule has 2 aliphatic rings. The first-order valence-corrected chi connectivity index (χ1v) is 7.21. The molecule has 0 N–H and O–H groups in total. The van der Waals surface area contributed by atoms with E-state index in [2.05, 4.69) is 18.2 Å². The van der Waals surface area contributed by atoms with E-state index < -0.39 is 0 Å². The fourth-order valence-corrected chi connectivity index (χ4v) is 3.33. The third kappa shape index (κ3) is 2.42. The first-order valence-electron chi connectivity index (χ1n) is 6.84. The molecule has 1 saturated carbocycles. The summed E-state index contributed by atoms with van der Waals surface area (Å²) in [5.74, 6) is 0. The van der Waals surface area contributed by atoms with Crippen LogP contribution in [-0.2, 0) is 12.8 Å². The Balaban J connectivity index is 1.92. The predicted octanol–water partition coefficient (Wildman–Crippen LogP) is 5.18. The summed E-state index contributed by atoms with van der Waals surface area (Å²) < 4.78 is 0. The molecule has 0 saturated heterocycles. The molecule has 0 heterocycles. The molecule has 0 amide bonds. The average molecular weight is 247 g/mol. The van der Waals surface area contributed by atoms with Crippen molar-refractivity contribution >= 4 is 17.7 Å². The van der Waals surface area contributed by atoms with E-state index in [9.17, 15) is 0 Å². The van der Waals surface area contributed by atoms with Crippen molar-refractivity contribution in [1.29, 1.82) is 0 Å². The lowest BCUT2D eigenvalue weighted by Crippen LogP contribution is -1.94. The van der Waals surface area contributed by atoms with Gasteiger partial charge < -0.3 is 0 Å². The Kier molecular flexibility index (Phi) is 3.24. The van der Waals surface area contributed by atoms with Gasteiger partial charge >= 0.3 is 0 Å².